The zero-order valence-corrected chi connectivity index (χ0v) is 20.4. The lowest BCUT2D eigenvalue weighted by molar-refractivity contribution is -0.240. The van der Waals surface area contributed by atoms with Crippen molar-refractivity contribution in [3.8, 4) is 12.3 Å². The molecule has 37 heavy (non-hydrogen) atoms. The topological polar surface area (TPSA) is 184 Å². The zero-order chi connectivity index (χ0) is 27.3. The molecule has 0 aromatic carbocycles. The van der Waals surface area contributed by atoms with E-state index in [1.54, 1.807) is 15.7 Å². The Morgan fingerprint density at radius 1 is 1.43 bits per heavy atom. The molecule has 4 heterocycles. The van der Waals surface area contributed by atoms with Crippen LogP contribution in [0.25, 0.3) is 11.2 Å². The van der Waals surface area contributed by atoms with Crippen molar-refractivity contribution in [1.82, 2.24) is 19.5 Å². The summed E-state index contributed by atoms with van der Waals surface area (Å²) < 4.78 is 40.8. The fourth-order valence-corrected chi connectivity index (χ4v) is 4.21. The Kier molecular flexibility index (Phi) is 6.35. The lowest BCUT2D eigenvalue weighted by Gasteiger charge is -2.40. The number of hydrogen-bond acceptors (Lipinski definition) is 13. The first kappa shape index (κ1) is 26.3. The molecule has 1 aliphatic heterocycles. The van der Waals surface area contributed by atoms with Gasteiger partial charge in [0, 0.05) is 7.05 Å². The van der Waals surface area contributed by atoms with E-state index in [0.717, 1.165) is 7.85 Å². The summed E-state index contributed by atoms with van der Waals surface area (Å²) in [5.41, 5.74) is -4.74. The minimum atomic E-state index is -2.65. The highest BCUT2D eigenvalue weighted by Gasteiger charge is 2.68. The Balaban J connectivity index is 1.64. The Morgan fingerprint density at radius 3 is 2.73 bits per heavy atom. The molecule has 4 atom stereocenters. The second-order valence-corrected chi connectivity index (χ2v) is 9.05. The highest BCUT2D eigenvalue weighted by molar-refractivity contribution is 6.41. The van der Waals surface area contributed by atoms with Gasteiger partial charge in [0.1, 0.15) is 21.9 Å². The predicted molar refractivity (Wildman–Crippen MR) is 129 cm³/mol. The van der Waals surface area contributed by atoms with Crippen molar-refractivity contribution in [3.63, 3.8) is 0 Å². The summed E-state index contributed by atoms with van der Waals surface area (Å²) in [6.45, 7) is 0.868. The molecule has 3 aromatic heterocycles. The van der Waals surface area contributed by atoms with E-state index in [2.05, 4.69) is 30.6 Å². The number of fused-ring (bicyclic) bond motifs is 1. The van der Waals surface area contributed by atoms with Gasteiger partial charge in [-0.05, 0) is 12.1 Å². The van der Waals surface area contributed by atoms with Crippen molar-refractivity contribution in [2.75, 3.05) is 12.4 Å². The molecule has 0 bridgehead atoms. The smallest absolute Gasteiger partial charge is 0.426 e. The van der Waals surface area contributed by atoms with Crippen LogP contribution >= 0.6 is 0 Å². The minimum absolute atomic E-state index is 0.0203. The number of nitrogens with zero attached hydrogens (tertiary/aromatic N) is 4. The van der Waals surface area contributed by atoms with E-state index in [4.69, 9.17) is 25.1 Å². The summed E-state index contributed by atoms with van der Waals surface area (Å²) in [6.07, 6.45) is 1.74. The van der Waals surface area contributed by atoms with E-state index >= 15 is 0 Å². The van der Waals surface area contributed by atoms with Gasteiger partial charge in [0.25, 0.3) is 0 Å². The lowest BCUT2D eigenvalue weighted by atomic mass is 9.48. The molecular weight excluding hydrogens is 494 g/mol. The van der Waals surface area contributed by atoms with Crippen molar-refractivity contribution in [2.24, 2.45) is 0 Å². The third kappa shape index (κ3) is 4.14. The number of aryl methyl sites for hydroxylation is 1. The monoisotopic (exact) mass is 515 g/mol. The number of terminal acetylenes is 1. The van der Waals surface area contributed by atoms with Crippen LogP contribution in [0.3, 0.4) is 0 Å². The van der Waals surface area contributed by atoms with Gasteiger partial charge in [0.15, 0.2) is 35.1 Å². The molecule has 18 heteroatoms. The number of nitrogens with one attached hydrogen (secondary N) is 1. The first-order valence-corrected chi connectivity index (χ1v) is 10.9. The Hall–Kier alpha value is -3.81. The van der Waals surface area contributed by atoms with Crippen molar-refractivity contribution < 1.29 is 42.4 Å². The van der Waals surface area contributed by atoms with Crippen molar-refractivity contribution in [2.45, 2.75) is 42.4 Å². The number of ether oxygens (including phenoxy) is 3. The van der Waals surface area contributed by atoms with Crippen LogP contribution in [0.5, 0.6) is 0 Å². The maximum atomic E-state index is 14.1. The number of aliphatic hydroxyl groups is 2. The Morgan fingerprint density at radius 2 is 2.14 bits per heavy atom. The predicted octanol–water partition coefficient (Wildman–Crippen LogP) is -2.86. The zero-order valence-electron chi connectivity index (χ0n) is 20.4. The van der Waals surface area contributed by atoms with Crippen molar-refractivity contribution in [3.05, 3.63) is 34.5 Å². The van der Waals surface area contributed by atoms with E-state index in [9.17, 15) is 24.2 Å². The number of halogens is 1. The molecule has 3 aromatic rings. The molecule has 14 nitrogen and oxygen atoms in total. The van der Waals surface area contributed by atoms with Gasteiger partial charge in [-0.2, -0.15) is 14.4 Å². The van der Waals surface area contributed by atoms with Gasteiger partial charge in [-0.1, -0.05) is 5.92 Å². The van der Waals surface area contributed by atoms with Crippen LogP contribution in [0, 0.1) is 25.3 Å². The average molecular weight is 515 g/mol. The first-order chi connectivity index (χ1) is 17.3. The second-order valence-electron chi connectivity index (χ2n) is 9.05. The average Bonchev–Trinajstić information content (AvgIpc) is 3.44. The molecule has 0 spiro atoms. The van der Waals surface area contributed by atoms with Crippen molar-refractivity contribution in [1.29, 1.82) is 0 Å². The highest BCUT2D eigenvalue weighted by Crippen LogP contribution is 2.55. The number of imidazole rings is 1. The van der Waals surface area contributed by atoms with Gasteiger partial charge in [-0.3, -0.25) is 4.57 Å². The van der Waals surface area contributed by atoms with Crippen LogP contribution in [-0.2, 0) is 20.8 Å². The summed E-state index contributed by atoms with van der Waals surface area (Å²) in [7, 11) is 5.67. The normalized spacial score (nSPS) is 24.3. The molecule has 4 rings (SSSR count). The first-order valence-electron chi connectivity index (χ1n) is 10.9. The number of aromatic nitrogens is 4. The summed E-state index contributed by atoms with van der Waals surface area (Å²) in [5, 5.41) is 23.9. The minimum Gasteiger partial charge on any atom is -0.426 e. The SMILES string of the molecule is BC1(B)[C@H](n2cnc3c(NC)nc(F)nc32)OC(C#C)(C(B)(O)OC(=O)OCc2oc(=O)oc2C)[C@H]1O. The van der Waals surface area contributed by atoms with Gasteiger partial charge >= 0.3 is 18.1 Å². The molecule has 0 saturated carbocycles. The number of aliphatic hydroxyl groups excluding tert-OH is 1. The van der Waals surface area contributed by atoms with Crippen LogP contribution in [0.1, 0.15) is 17.7 Å². The summed E-state index contributed by atoms with van der Waals surface area (Å²) >= 11 is 0. The Bertz CT molecular complexity index is 1470. The molecule has 3 N–H and O–H groups in total. The molecule has 1 fully saturated rings. The fourth-order valence-electron chi connectivity index (χ4n) is 4.21. The van der Waals surface area contributed by atoms with Gasteiger partial charge in [-0.15, -0.1) is 6.42 Å². The number of rotatable bonds is 6. The third-order valence-electron chi connectivity index (χ3n) is 6.25. The maximum Gasteiger partial charge on any atom is 0.519 e. The fraction of sp³-hybridized carbons (Fsp3) is 0.421. The van der Waals surface area contributed by atoms with Crippen LogP contribution in [-0.4, -0.2) is 83.9 Å². The van der Waals surface area contributed by atoms with Crippen LogP contribution < -0.4 is 11.1 Å². The van der Waals surface area contributed by atoms with E-state index in [0.29, 0.717) is 0 Å². The van der Waals surface area contributed by atoms with Gasteiger partial charge in [-0.25, -0.2) is 14.6 Å². The van der Waals surface area contributed by atoms with E-state index in [1.807, 2.05) is 0 Å². The quantitative estimate of drug-likeness (QED) is 0.100. The molecule has 0 aliphatic carbocycles. The van der Waals surface area contributed by atoms with E-state index < -0.39 is 53.5 Å². The summed E-state index contributed by atoms with van der Waals surface area (Å²) in [5.74, 6) is 1.34. The molecule has 0 amide bonds. The number of carbonyl (C=O) groups is 1. The number of carbonyl (C=O) groups excluding carboxylic acids is 1. The standard InChI is InChI=1S/C19H21B3FN5O9/c1-4-17(19(22,32)37-15(30)33-5-8-7(2)34-16(31)35-8)12(29)18(20,21)13(36-17)28-6-25-9-10(24-3)26-14(23)27-11(9)28/h1,6,12-13,29,32H,5,20-22H2,2-3H3,(H,24,26,27)/t12-,13-,17?,19?/m1/s1. The second kappa shape index (κ2) is 8.94. The Labute approximate surface area is 210 Å². The number of anilines is 1. The molecule has 1 saturated heterocycles. The van der Waals surface area contributed by atoms with Crippen LogP contribution in [0.4, 0.5) is 15.0 Å². The molecule has 1 aliphatic rings. The van der Waals surface area contributed by atoms with Crippen molar-refractivity contribution >= 4 is 46.7 Å². The molecule has 0 radical (unpaired) electrons. The molecule has 2 unspecified atom stereocenters. The molecule has 192 valence electrons. The summed E-state index contributed by atoms with van der Waals surface area (Å²) in [4.78, 5) is 35.2. The van der Waals surface area contributed by atoms with Gasteiger partial charge < -0.3 is 38.6 Å². The van der Waals surface area contributed by atoms with E-state index in [1.165, 1.54) is 24.9 Å². The van der Waals surface area contributed by atoms with Gasteiger partial charge in [0.05, 0.1) is 12.4 Å². The third-order valence-corrected chi connectivity index (χ3v) is 6.25. The highest BCUT2D eigenvalue weighted by atomic mass is 19.1. The lowest BCUT2D eigenvalue weighted by Crippen LogP contribution is -2.63. The number of hydrogen-bond donors (Lipinski definition) is 3. The van der Waals surface area contributed by atoms with Crippen LogP contribution in [0.15, 0.2) is 20.0 Å². The summed E-state index contributed by atoms with van der Waals surface area (Å²) in [6, 6.07) is 0. The van der Waals surface area contributed by atoms with Crippen LogP contribution in [0.2, 0.25) is 5.21 Å². The van der Waals surface area contributed by atoms with E-state index in [-0.39, 0.29) is 28.5 Å². The van der Waals surface area contributed by atoms with Gasteiger partial charge in [0.2, 0.25) is 19.1 Å². The largest absolute Gasteiger partial charge is 0.519 e. The molecular formula is C19H21B3FN5O9. The maximum absolute atomic E-state index is 14.1.